The molecule has 0 bridgehead atoms. The lowest BCUT2D eigenvalue weighted by Crippen LogP contribution is -2.34. The van der Waals surface area contributed by atoms with Crippen LogP contribution < -0.4 is 4.90 Å². The van der Waals surface area contributed by atoms with E-state index in [0.29, 0.717) is 36.3 Å². The Morgan fingerprint density at radius 2 is 1.76 bits per heavy atom. The molecule has 0 N–H and O–H groups in total. The Hall–Kier alpha value is -3.15. The van der Waals surface area contributed by atoms with Crippen molar-refractivity contribution < 1.29 is 14.4 Å². The Labute approximate surface area is 170 Å². The Bertz CT molecular complexity index is 985. The first kappa shape index (κ1) is 19.2. The summed E-state index contributed by atoms with van der Waals surface area (Å²) >= 11 is 0. The fraction of sp³-hybridized carbons (Fsp3) is 0.348. The van der Waals surface area contributed by atoms with E-state index < -0.39 is 0 Å². The van der Waals surface area contributed by atoms with Crippen LogP contribution in [0.2, 0.25) is 0 Å². The van der Waals surface area contributed by atoms with Crippen molar-refractivity contribution in [3.63, 3.8) is 0 Å². The van der Waals surface area contributed by atoms with Gasteiger partial charge < -0.3 is 9.80 Å². The maximum atomic E-state index is 13.2. The van der Waals surface area contributed by atoms with Crippen molar-refractivity contribution in [2.24, 2.45) is 0 Å². The average molecular weight is 391 g/mol. The Morgan fingerprint density at radius 1 is 1.00 bits per heavy atom. The highest BCUT2D eigenvalue weighted by Gasteiger charge is 2.36. The molecule has 0 saturated carbocycles. The number of fused-ring (bicyclic) bond motifs is 2. The van der Waals surface area contributed by atoms with Gasteiger partial charge in [-0.3, -0.25) is 19.3 Å². The summed E-state index contributed by atoms with van der Waals surface area (Å²) < 4.78 is 0. The Morgan fingerprint density at radius 3 is 2.55 bits per heavy atom. The minimum atomic E-state index is -0.297. The van der Waals surface area contributed by atoms with E-state index in [4.69, 9.17) is 0 Å². The molecule has 0 radical (unpaired) electrons. The van der Waals surface area contributed by atoms with Crippen molar-refractivity contribution in [1.82, 2.24) is 9.80 Å². The quantitative estimate of drug-likeness (QED) is 0.751. The molecule has 2 heterocycles. The summed E-state index contributed by atoms with van der Waals surface area (Å²) in [7, 11) is 2.03. The van der Waals surface area contributed by atoms with Gasteiger partial charge in [0.2, 0.25) is 0 Å². The van der Waals surface area contributed by atoms with Gasteiger partial charge in [0.1, 0.15) is 0 Å². The standard InChI is InChI=1S/C23H25N3O3/c1-3-4-11-26-22(28)18-10-9-16(14-19(18)23(26)29)21(27)25-13-12-24(2)20-8-6-5-7-17(20)15-25/h5-10,14H,3-4,11-13,15H2,1-2H3. The first-order valence-electron chi connectivity index (χ1n) is 10.1. The number of carbonyl (C=O) groups excluding carboxylic acids is 3. The second kappa shape index (κ2) is 7.70. The van der Waals surface area contributed by atoms with Gasteiger partial charge in [0.05, 0.1) is 11.1 Å². The number of anilines is 1. The highest BCUT2D eigenvalue weighted by molar-refractivity contribution is 6.22. The Kier molecular flexibility index (Phi) is 5.09. The number of nitrogens with zero attached hydrogens (tertiary/aromatic N) is 3. The second-order valence-electron chi connectivity index (χ2n) is 7.65. The molecule has 0 saturated heterocycles. The maximum Gasteiger partial charge on any atom is 0.261 e. The van der Waals surface area contributed by atoms with Crippen LogP contribution >= 0.6 is 0 Å². The zero-order chi connectivity index (χ0) is 20.5. The third-order valence-corrected chi connectivity index (χ3v) is 5.71. The molecule has 29 heavy (non-hydrogen) atoms. The summed E-state index contributed by atoms with van der Waals surface area (Å²) in [6, 6.07) is 12.9. The van der Waals surface area contributed by atoms with Gasteiger partial charge in [0.15, 0.2) is 0 Å². The van der Waals surface area contributed by atoms with Crippen LogP contribution in [0.5, 0.6) is 0 Å². The third kappa shape index (κ3) is 3.39. The van der Waals surface area contributed by atoms with E-state index in [-0.39, 0.29) is 17.7 Å². The Balaban J connectivity index is 1.59. The van der Waals surface area contributed by atoms with E-state index in [9.17, 15) is 14.4 Å². The van der Waals surface area contributed by atoms with Gasteiger partial charge in [-0.25, -0.2) is 0 Å². The second-order valence-corrected chi connectivity index (χ2v) is 7.65. The van der Waals surface area contributed by atoms with Crippen LogP contribution in [0.15, 0.2) is 42.5 Å². The molecule has 0 atom stereocenters. The van der Waals surface area contributed by atoms with Crippen molar-refractivity contribution in [2.75, 3.05) is 31.6 Å². The van der Waals surface area contributed by atoms with Crippen molar-refractivity contribution >= 4 is 23.4 Å². The predicted octanol–water partition coefficient (Wildman–Crippen LogP) is 3.17. The molecular weight excluding hydrogens is 366 g/mol. The molecule has 0 fully saturated rings. The predicted molar refractivity (Wildman–Crippen MR) is 111 cm³/mol. The molecule has 2 aromatic carbocycles. The molecule has 0 unspecified atom stereocenters. The number of unbranched alkanes of at least 4 members (excludes halogenated alkanes) is 1. The van der Waals surface area contributed by atoms with Crippen LogP contribution in [0, 0.1) is 0 Å². The highest BCUT2D eigenvalue weighted by atomic mass is 16.2. The number of hydrogen-bond acceptors (Lipinski definition) is 4. The number of amides is 3. The van der Waals surface area contributed by atoms with Crippen LogP contribution in [0.4, 0.5) is 5.69 Å². The lowest BCUT2D eigenvalue weighted by atomic mass is 10.0. The van der Waals surface area contributed by atoms with Crippen LogP contribution in [0.25, 0.3) is 0 Å². The molecule has 0 aliphatic carbocycles. The van der Waals surface area contributed by atoms with E-state index in [1.807, 2.05) is 32.2 Å². The van der Waals surface area contributed by atoms with E-state index in [1.54, 1.807) is 23.1 Å². The first-order valence-corrected chi connectivity index (χ1v) is 10.1. The van der Waals surface area contributed by atoms with Gasteiger partial charge in [0.25, 0.3) is 17.7 Å². The van der Waals surface area contributed by atoms with Gasteiger partial charge in [-0.05, 0) is 36.2 Å². The molecule has 2 aliphatic rings. The van der Waals surface area contributed by atoms with Gasteiger partial charge in [0, 0.05) is 44.5 Å². The van der Waals surface area contributed by atoms with Gasteiger partial charge >= 0.3 is 0 Å². The molecule has 2 aromatic rings. The maximum absolute atomic E-state index is 13.2. The van der Waals surface area contributed by atoms with Crippen LogP contribution in [-0.4, -0.2) is 54.2 Å². The third-order valence-electron chi connectivity index (χ3n) is 5.71. The van der Waals surface area contributed by atoms with Gasteiger partial charge in [-0.2, -0.15) is 0 Å². The van der Waals surface area contributed by atoms with E-state index in [0.717, 1.165) is 30.6 Å². The molecule has 150 valence electrons. The van der Waals surface area contributed by atoms with Gasteiger partial charge in [-0.1, -0.05) is 31.5 Å². The zero-order valence-corrected chi connectivity index (χ0v) is 16.9. The molecular formula is C23H25N3O3. The van der Waals surface area contributed by atoms with Crippen LogP contribution in [-0.2, 0) is 6.54 Å². The fourth-order valence-corrected chi connectivity index (χ4v) is 3.99. The summed E-state index contributed by atoms with van der Waals surface area (Å²) in [5, 5.41) is 0. The smallest absolute Gasteiger partial charge is 0.261 e. The van der Waals surface area contributed by atoms with E-state index in [1.165, 1.54) is 4.90 Å². The van der Waals surface area contributed by atoms with E-state index >= 15 is 0 Å². The van der Waals surface area contributed by atoms with Crippen molar-refractivity contribution in [1.29, 1.82) is 0 Å². The minimum Gasteiger partial charge on any atom is -0.373 e. The number of imide groups is 1. The summed E-state index contributed by atoms with van der Waals surface area (Å²) in [4.78, 5) is 43.7. The number of para-hydroxylation sites is 1. The van der Waals surface area contributed by atoms with Crippen molar-refractivity contribution in [2.45, 2.75) is 26.3 Å². The number of rotatable bonds is 4. The molecule has 4 rings (SSSR count). The molecule has 6 nitrogen and oxygen atoms in total. The number of likely N-dealkylation sites (N-methyl/N-ethyl adjacent to an activating group) is 1. The highest BCUT2D eigenvalue weighted by Crippen LogP contribution is 2.27. The molecule has 6 heteroatoms. The lowest BCUT2D eigenvalue weighted by molar-refractivity contribution is 0.0652. The molecule has 0 aromatic heterocycles. The first-order chi connectivity index (χ1) is 14.0. The zero-order valence-electron chi connectivity index (χ0n) is 16.9. The van der Waals surface area contributed by atoms with Crippen molar-refractivity contribution in [3.05, 3.63) is 64.7 Å². The number of hydrogen-bond donors (Lipinski definition) is 0. The fourth-order valence-electron chi connectivity index (χ4n) is 3.99. The monoisotopic (exact) mass is 391 g/mol. The summed E-state index contributed by atoms with van der Waals surface area (Å²) in [5.41, 5.74) is 3.40. The molecule has 2 aliphatic heterocycles. The minimum absolute atomic E-state index is 0.120. The van der Waals surface area contributed by atoms with Gasteiger partial charge in [-0.15, -0.1) is 0 Å². The molecule has 3 amide bonds. The summed E-state index contributed by atoms with van der Waals surface area (Å²) in [5.74, 6) is -0.679. The number of carbonyl (C=O) groups is 3. The van der Waals surface area contributed by atoms with Crippen LogP contribution in [0.3, 0.4) is 0 Å². The largest absolute Gasteiger partial charge is 0.373 e. The van der Waals surface area contributed by atoms with Crippen LogP contribution in [0.1, 0.15) is 56.4 Å². The summed E-state index contributed by atoms with van der Waals surface area (Å²) in [6.07, 6.45) is 1.68. The SMILES string of the molecule is CCCCN1C(=O)c2ccc(C(=O)N3CCN(C)c4ccccc4C3)cc2C1=O. The average Bonchev–Trinajstić information content (AvgIpc) is 2.87. The van der Waals surface area contributed by atoms with E-state index in [2.05, 4.69) is 11.0 Å². The normalized spacial score (nSPS) is 16.0. The molecule has 0 spiro atoms. The summed E-state index contributed by atoms with van der Waals surface area (Å²) in [6.45, 7) is 4.28. The lowest BCUT2D eigenvalue weighted by Gasteiger charge is -2.21. The topological polar surface area (TPSA) is 60.9 Å². The number of benzene rings is 2. The van der Waals surface area contributed by atoms with Crippen molar-refractivity contribution in [3.8, 4) is 0 Å².